The first-order valence-electron chi connectivity index (χ1n) is 7.56. The SMILES string of the molecule is CC(C)(C)OC(=O)N1CC2(CCCc3cc(Br)ccc32)C1. The molecular formula is C17H22BrNO2. The van der Waals surface area contributed by atoms with Crippen molar-refractivity contribution in [3.8, 4) is 0 Å². The third kappa shape index (κ3) is 2.83. The molecule has 1 aliphatic heterocycles. The van der Waals surface area contributed by atoms with Gasteiger partial charge >= 0.3 is 6.09 Å². The van der Waals surface area contributed by atoms with Crippen LogP contribution in [0.15, 0.2) is 22.7 Å². The minimum atomic E-state index is -0.421. The highest BCUT2D eigenvalue weighted by atomic mass is 79.9. The van der Waals surface area contributed by atoms with E-state index in [0.717, 1.165) is 24.0 Å². The number of amides is 1. The summed E-state index contributed by atoms with van der Waals surface area (Å²) >= 11 is 3.55. The zero-order chi connectivity index (χ0) is 15.3. The van der Waals surface area contributed by atoms with E-state index in [1.54, 1.807) is 0 Å². The molecule has 0 bridgehead atoms. The summed E-state index contributed by atoms with van der Waals surface area (Å²) in [6.07, 6.45) is 3.33. The molecule has 2 aliphatic rings. The van der Waals surface area contributed by atoms with Crippen LogP contribution >= 0.6 is 15.9 Å². The molecule has 0 saturated carbocycles. The lowest BCUT2D eigenvalue weighted by Gasteiger charge is -2.52. The quantitative estimate of drug-likeness (QED) is 0.698. The van der Waals surface area contributed by atoms with Crippen LogP contribution in [0.5, 0.6) is 0 Å². The zero-order valence-electron chi connectivity index (χ0n) is 12.9. The molecule has 1 saturated heterocycles. The molecule has 3 nitrogen and oxygen atoms in total. The summed E-state index contributed by atoms with van der Waals surface area (Å²) in [4.78, 5) is 14.0. The van der Waals surface area contributed by atoms with Gasteiger partial charge in [0.05, 0.1) is 0 Å². The molecule has 0 unspecified atom stereocenters. The van der Waals surface area contributed by atoms with E-state index in [-0.39, 0.29) is 11.5 Å². The molecule has 1 amide bonds. The monoisotopic (exact) mass is 351 g/mol. The Hall–Kier alpha value is -1.03. The largest absolute Gasteiger partial charge is 0.444 e. The van der Waals surface area contributed by atoms with Crippen LogP contribution in [0.2, 0.25) is 0 Å². The third-order valence-corrected chi connectivity index (χ3v) is 4.87. The van der Waals surface area contributed by atoms with E-state index in [4.69, 9.17) is 4.74 Å². The number of ether oxygens (including phenoxy) is 1. The van der Waals surface area contributed by atoms with Crippen LogP contribution in [-0.2, 0) is 16.6 Å². The van der Waals surface area contributed by atoms with Gasteiger partial charge < -0.3 is 9.64 Å². The van der Waals surface area contributed by atoms with Crippen molar-refractivity contribution in [1.82, 2.24) is 4.90 Å². The molecule has 4 heteroatoms. The van der Waals surface area contributed by atoms with Crippen molar-refractivity contribution in [1.29, 1.82) is 0 Å². The highest BCUT2D eigenvalue weighted by molar-refractivity contribution is 9.10. The van der Waals surface area contributed by atoms with Gasteiger partial charge in [0, 0.05) is 23.0 Å². The Morgan fingerprint density at radius 1 is 1.33 bits per heavy atom. The molecule has 1 spiro atoms. The average Bonchev–Trinajstić information content (AvgIpc) is 2.32. The molecule has 1 heterocycles. The van der Waals surface area contributed by atoms with Crippen LogP contribution in [0, 0.1) is 0 Å². The summed E-state index contributed by atoms with van der Waals surface area (Å²) in [6.45, 7) is 7.31. The number of halogens is 1. The number of aryl methyl sites for hydroxylation is 1. The van der Waals surface area contributed by atoms with E-state index in [1.165, 1.54) is 24.0 Å². The zero-order valence-corrected chi connectivity index (χ0v) is 14.5. The number of nitrogens with zero attached hydrogens (tertiary/aromatic N) is 1. The van der Waals surface area contributed by atoms with Crippen molar-refractivity contribution in [3.05, 3.63) is 33.8 Å². The fraction of sp³-hybridized carbons (Fsp3) is 0.588. The molecule has 0 aromatic heterocycles. The number of carbonyl (C=O) groups is 1. The summed E-state index contributed by atoms with van der Waals surface area (Å²) in [5.41, 5.74) is 2.59. The van der Waals surface area contributed by atoms with E-state index < -0.39 is 5.60 Å². The Morgan fingerprint density at radius 2 is 2.05 bits per heavy atom. The second-order valence-electron chi connectivity index (χ2n) is 7.27. The van der Waals surface area contributed by atoms with Gasteiger partial charge in [-0.25, -0.2) is 4.79 Å². The molecule has 0 radical (unpaired) electrons. The minimum Gasteiger partial charge on any atom is -0.444 e. The molecule has 3 rings (SSSR count). The Balaban J connectivity index is 1.75. The van der Waals surface area contributed by atoms with Gasteiger partial charge in [0.2, 0.25) is 0 Å². The lowest BCUT2D eigenvalue weighted by molar-refractivity contribution is -0.0135. The number of rotatable bonds is 0. The van der Waals surface area contributed by atoms with E-state index >= 15 is 0 Å². The molecule has 0 atom stereocenters. The first kappa shape index (κ1) is 14.9. The van der Waals surface area contributed by atoms with Crippen molar-refractivity contribution in [3.63, 3.8) is 0 Å². The molecule has 1 aromatic rings. The van der Waals surface area contributed by atoms with Crippen molar-refractivity contribution < 1.29 is 9.53 Å². The van der Waals surface area contributed by atoms with Crippen LogP contribution in [0.3, 0.4) is 0 Å². The Morgan fingerprint density at radius 3 is 2.71 bits per heavy atom. The number of benzene rings is 1. The Bertz CT molecular complexity index is 571. The Kier molecular flexibility index (Phi) is 3.55. The van der Waals surface area contributed by atoms with E-state index in [9.17, 15) is 4.79 Å². The van der Waals surface area contributed by atoms with Crippen LogP contribution in [0.1, 0.15) is 44.7 Å². The second kappa shape index (κ2) is 5.01. The van der Waals surface area contributed by atoms with Gasteiger partial charge in [-0.1, -0.05) is 22.0 Å². The van der Waals surface area contributed by atoms with Crippen molar-refractivity contribution in [2.75, 3.05) is 13.1 Å². The maximum Gasteiger partial charge on any atom is 0.410 e. The van der Waals surface area contributed by atoms with Gasteiger partial charge in [0.1, 0.15) is 5.60 Å². The minimum absolute atomic E-state index is 0.158. The number of likely N-dealkylation sites (tertiary alicyclic amines) is 1. The molecule has 114 valence electrons. The van der Waals surface area contributed by atoms with E-state index in [2.05, 4.69) is 34.1 Å². The van der Waals surface area contributed by atoms with Gasteiger partial charge in [-0.15, -0.1) is 0 Å². The maximum absolute atomic E-state index is 12.1. The summed E-state index contributed by atoms with van der Waals surface area (Å²) in [5, 5.41) is 0. The molecule has 0 N–H and O–H groups in total. The fourth-order valence-corrected chi connectivity index (χ4v) is 3.92. The molecule has 21 heavy (non-hydrogen) atoms. The van der Waals surface area contributed by atoms with Gasteiger partial charge in [-0.2, -0.15) is 0 Å². The van der Waals surface area contributed by atoms with Crippen molar-refractivity contribution in [2.24, 2.45) is 0 Å². The highest BCUT2D eigenvalue weighted by Crippen LogP contribution is 2.45. The molecular weight excluding hydrogens is 330 g/mol. The summed E-state index contributed by atoms with van der Waals surface area (Å²) in [7, 11) is 0. The van der Waals surface area contributed by atoms with Gasteiger partial charge in [0.25, 0.3) is 0 Å². The molecule has 1 aliphatic carbocycles. The lowest BCUT2D eigenvalue weighted by atomic mass is 9.65. The van der Waals surface area contributed by atoms with Gasteiger partial charge in [-0.3, -0.25) is 0 Å². The highest BCUT2D eigenvalue weighted by Gasteiger charge is 2.49. The molecule has 1 aromatic carbocycles. The average molecular weight is 352 g/mol. The van der Waals surface area contributed by atoms with Crippen molar-refractivity contribution >= 4 is 22.0 Å². The molecule has 1 fully saturated rings. The number of fused-ring (bicyclic) bond motifs is 2. The third-order valence-electron chi connectivity index (χ3n) is 4.38. The fourth-order valence-electron chi connectivity index (χ4n) is 3.51. The topological polar surface area (TPSA) is 29.5 Å². The number of carbonyl (C=O) groups excluding carboxylic acids is 1. The second-order valence-corrected chi connectivity index (χ2v) is 8.19. The summed E-state index contributed by atoms with van der Waals surface area (Å²) < 4.78 is 6.60. The normalized spacial score (nSPS) is 19.9. The summed E-state index contributed by atoms with van der Waals surface area (Å²) in [5.74, 6) is 0. The van der Waals surface area contributed by atoms with Crippen LogP contribution in [-0.4, -0.2) is 29.7 Å². The van der Waals surface area contributed by atoms with Gasteiger partial charge in [0.15, 0.2) is 0 Å². The first-order valence-corrected chi connectivity index (χ1v) is 8.35. The lowest BCUT2D eigenvalue weighted by Crippen LogP contribution is -2.62. The number of hydrogen-bond acceptors (Lipinski definition) is 2. The van der Waals surface area contributed by atoms with Crippen LogP contribution in [0.4, 0.5) is 4.79 Å². The standard InChI is InChI=1S/C17H22BrNO2/c1-16(2,3)21-15(20)19-10-17(11-19)8-4-5-12-9-13(18)6-7-14(12)17/h6-7,9H,4-5,8,10-11H2,1-3H3. The van der Waals surface area contributed by atoms with Crippen LogP contribution in [0.25, 0.3) is 0 Å². The van der Waals surface area contributed by atoms with Gasteiger partial charge in [-0.05, 0) is 63.3 Å². The predicted molar refractivity (Wildman–Crippen MR) is 86.6 cm³/mol. The smallest absolute Gasteiger partial charge is 0.410 e. The van der Waals surface area contributed by atoms with E-state index in [0.29, 0.717) is 0 Å². The summed E-state index contributed by atoms with van der Waals surface area (Å²) in [6, 6.07) is 6.57. The van der Waals surface area contributed by atoms with Crippen molar-refractivity contribution in [2.45, 2.75) is 51.0 Å². The van der Waals surface area contributed by atoms with E-state index in [1.807, 2.05) is 25.7 Å². The Labute approximate surface area is 134 Å². The van der Waals surface area contributed by atoms with Crippen LogP contribution < -0.4 is 0 Å². The number of hydrogen-bond donors (Lipinski definition) is 0. The maximum atomic E-state index is 12.1. The predicted octanol–water partition coefficient (Wildman–Crippen LogP) is 4.27. The first-order chi connectivity index (χ1) is 9.79.